The van der Waals surface area contributed by atoms with E-state index in [1.165, 1.54) is 5.57 Å². The van der Waals surface area contributed by atoms with Crippen molar-refractivity contribution >= 4 is 35.3 Å². The summed E-state index contributed by atoms with van der Waals surface area (Å²) in [7, 11) is 0. The summed E-state index contributed by atoms with van der Waals surface area (Å²) in [5.41, 5.74) is -0.0751. The van der Waals surface area contributed by atoms with Crippen molar-refractivity contribution in [1.29, 1.82) is 0 Å². The summed E-state index contributed by atoms with van der Waals surface area (Å²) < 4.78 is 5.27. The monoisotopic (exact) mass is 706 g/mol. The number of carbonyl (C=O) groups is 6. The van der Waals surface area contributed by atoms with Crippen LogP contribution >= 0.6 is 0 Å². The Morgan fingerprint density at radius 3 is 2.37 bits per heavy atom. The molecule has 0 aromatic heterocycles. The van der Waals surface area contributed by atoms with Gasteiger partial charge in [0.25, 0.3) is 0 Å². The highest BCUT2D eigenvalue weighted by Gasteiger charge is 2.66. The van der Waals surface area contributed by atoms with Gasteiger partial charge in [0, 0.05) is 37.6 Å². The lowest BCUT2D eigenvalue weighted by molar-refractivity contribution is -0.170. The van der Waals surface area contributed by atoms with Gasteiger partial charge in [0.05, 0.1) is 6.42 Å². The number of benzene rings is 1. The van der Waals surface area contributed by atoms with E-state index in [0.29, 0.717) is 56.9 Å². The largest absolute Gasteiger partial charge is 0.480 e. The zero-order valence-electron chi connectivity index (χ0n) is 30.0. The van der Waals surface area contributed by atoms with Gasteiger partial charge >= 0.3 is 11.9 Å². The molecule has 2 amide bonds. The summed E-state index contributed by atoms with van der Waals surface area (Å²) in [5, 5.41) is 26.6. The number of fused-ring (bicyclic) bond motifs is 5. The number of ketones is 2. The van der Waals surface area contributed by atoms with Gasteiger partial charge in [0.15, 0.2) is 12.4 Å². The Kier molecular flexibility index (Phi) is 12.2. The Morgan fingerprint density at radius 1 is 0.882 bits per heavy atom. The number of rotatable bonds is 16. The normalized spacial score (nSPS) is 30.1. The molecule has 0 unspecified atom stereocenters. The van der Waals surface area contributed by atoms with Crippen LogP contribution in [0.25, 0.3) is 0 Å². The van der Waals surface area contributed by atoms with Gasteiger partial charge in [0.1, 0.15) is 11.6 Å². The molecular formula is C40H54N2O9. The molecule has 1 aromatic carbocycles. The van der Waals surface area contributed by atoms with Crippen LogP contribution < -0.4 is 10.6 Å². The van der Waals surface area contributed by atoms with Gasteiger partial charge < -0.3 is 25.6 Å². The number of carboxylic acid groups (broad SMARTS) is 1. The number of aliphatic hydroxyl groups is 1. The maximum atomic E-state index is 13.5. The van der Waals surface area contributed by atoms with Crippen LogP contribution in [0.15, 0.2) is 42.0 Å². The quantitative estimate of drug-likeness (QED) is 0.141. The van der Waals surface area contributed by atoms with Crippen molar-refractivity contribution in [1.82, 2.24) is 10.6 Å². The third-order valence-corrected chi connectivity index (χ3v) is 12.8. The molecule has 0 heterocycles. The molecule has 11 nitrogen and oxygen atoms in total. The van der Waals surface area contributed by atoms with Crippen LogP contribution in [-0.4, -0.2) is 70.3 Å². The van der Waals surface area contributed by atoms with E-state index in [1.807, 2.05) is 43.3 Å². The first-order chi connectivity index (χ1) is 24.3. The van der Waals surface area contributed by atoms with E-state index in [4.69, 9.17) is 4.74 Å². The van der Waals surface area contributed by atoms with E-state index in [1.54, 1.807) is 0 Å². The van der Waals surface area contributed by atoms with E-state index < -0.39 is 41.4 Å². The SMILES string of the molecule is C[C@]12CCC(=O)C=C1CC[C@H]1[C@@H]2CC[C@]2(C)[C@H]1CC[C@]2(O)C(=O)COC(=O)CCC(=O)NCCCCCC(=O)N[C@@H](Cc1ccccc1)C(=O)O. The Balaban J connectivity index is 0.970. The lowest BCUT2D eigenvalue weighted by atomic mass is 9.46. The fraction of sp³-hybridized carbons (Fsp3) is 0.650. The van der Waals surface area contributed by atoms with Gasteiger partial charge in [-0.25, -0.2) is 4.79 Å². The minimum atomic E-state index is -1.57. The van der Waals surface area contributed by atoms with Gasteiger partial charge in [-0.1, -0.05) is 56.2 Å². The molecule has 0 saturated heterocycles. The van der Waals surface area contributed by atoms with E-state index in [-0.39, 0.29) is 54.6 Å². The first-order valence-corrected chi connectivity index (χ1v) is 18.7. The van der Waals surface area contributed by atoms with Gasteiger partial charge in [-0.3, -0.25) is 24.0 Å². The predicted molar refractivity (Wildman–Crippen MR) is 188 cm³/mol. The van der Waals surface area contributed by atoms with Crippen LogP contribution in [0, 0.1) is 28.6 Å². The first-order valence-electron chi connectivity index (χ1n) is 18.7. The fourth-order valence-electron chi connectivity index (χ4n) is 9.81. The van der Waals surface area contributed by atoms with Crippen molar-refractivity contribution in [3.8, 4) is 0 Å². The summed E-state index contributed by atoms with van der Waals surface area (Å²) >= 11 is 0. The van der Waals surface area contributed by atoms with E-state index >= 15 is 0 Å². The number of Topliss-reactive ketones (excluding diaryl/α,β-unsaturated/α-hetero) is 1. The molecule has 0 bridgehead atoms. The van der Waals surface area contributed by atoms with Crippen LogP contribution in [0.4, 0.5) is 0 Å². The average Bonchev–Trinajstić information content (AvgIpc) is 3.39. The van der Waals surface area contributed by atoms with Crippen molar-refractivity contribution in [3.63, 3.8) is 0 Å². The topological polar surface area (TPSA) is 176 Å². The molecule has 1 aromatic rings. The number of amides is 2. The third-order valence-electron chi connectivity index (χ3n) is 12.8. The van der Waals surface area contributed by atoms with Crippen molar-refractivity contribution in [2.24, 2.45) is 28.6 Å². The third kappa shape index (κ3) is 8.45. The summed E-state index contributed by atoms with van der Waals surface area (Å²) in [6.45, 7) is 4.17. The van der Waals surface area contributed by atoms with E-state index in [2.05, 4.69) is 17.6 Å². The van der Waals surface area contributed by atoms with Crippen molar-refractivity contribution < 1.29 is 43.7 Å². The first kappa shape index (κ1) is 38.4. The smallest absolute Gasteiger partial charge is 0.326 e. The van der Waals surface area contributed by atoms with Crippen LogP contribution in [0.1, 0.15) is 109 Å². The summed E-state index contributed by atoms with van der Waals surface area (Å²) in [6, 6.07) is 8.09. The Morgan fingerprint density at radius 2 is 1.63 bits per heavy atom. The highest BCUT2D eigenvalue weighted by atomic mass is 16.5. The molecule has 7 atom stereocenters. The summed E-state index contributed by atoms with van der Waals surface area (Å²) in [4.78, 5) is 74.2. The second-order valence-electron chi connectivity index (χ2n) is 15.7. The van der Waals surface area contributed by atoms with Gasteiger partial charge in [0.2, 0.25) is 17.6 Å². The lowest BCUT2D eigenvalue weighted by Gasteiger charge is -2.58. The second-order valence-corrected chi connectivity index (χ2v) is 15.7. The number of aliphatic carboxylic acids is 1. The van der Waals surface area contributed by atoms with Gasteiger partial charge in [-0.15, -0.1) is 0 Å². The fourth-order valence-corrected chi connectivity index (χ4v) is 9.81. The highest BCUT2D eigenvalue weighted by molar-refractivity contribution is 5.92. The number of hydrogen-bond donors (Lipinski definition) is 4. The van der Waals surface area contributed by atoms with Gasteiger partial charge in [-0.05, 0) is 92.6 Å². The molecule has 3 saturated carbocycles. The molecule has 51 heavy (non-hydrogen) atoms. The number of esters is 1. The Hall–Kier alpha value is -3.86. The number of allylic oxidation sites excluding steroid dienone is 1. The molecule has 5 rings (SSSR count). The van der Waals surface area contributed by atoms with E-state index in [9.17, 15) is 39.0 Å². The minimum absolute atomic E-state index is 0.000793. The molecular weight excluding hydrogens is 652 g/mol. The molecule has 0 aliphatic heterocycles. The number of nitrogens with one attached hydrogen (secondary N) is 2. The van der Waals surface area contributed by atoms with Crippen molar-refractivity contribution in [2.75, 3.05) is 13.2 Å². The Bertz CT molecular complexity index is 1520. The number of carboxylic acids is 1. The zero-order valence-corrected chi connectivity index (χ0v) is 30.0. The molecule has 278 valence electrons. The Labute approximate surface area is 300 Å². The van der Waals surface area contributed by atoms with Crippen molar-refractivity contribution in [3.05, 3.63) is 47.5 Å². The molecule has 4 N–H and O–H groups in total. The minimum Gasteiger partial charge on any atom is -0.480 e. The highest BCUT2D eigenvalue weighted by Crippen LogP contribution is 2.67. The zero-order chi connectivity index (χ0) is 36.8. The molecule has 4 aliphatic rings. The molecule has 3 fully saturated rings. The molecule has 4 aliphatic carbocycles. The summed E-state index contributed by atoms with van der Waals surface area (Å²) in [6.07, 6.45) is 9.75. The number of hydrogen-bond acceptors (Lipinski definition) is 8. The average molecular weight is 707 g/mol. The lowest BCUT2D eigenvalue weighted by Crippen LogP contribution is -2.58. The molecule has 0 radical (unpaired) electrons. The summed E-state index contributed by atoms with van der Waals surface area (Å²) in [5.74, 6) is -1.69. The number of carbonyl (C=O) groups excluding carboxylic acids is 5. The van der Waals surface area contributed by atoms with Crippen LogP contribution in [-0.2, 0) is 39.9 Å². The molecule has 0 spiro atoms. The standard InChI is InChI=1S/C40H54N2O9/c1-38-19-16-28(43)24-27(38)12-13-29-30(38)17-20-39(2)31(29)18-21-40(39,50)33(44)25-51-36(47)15-14-34(45)41-22-8-4-7-11-35(46)42-32(37(48)49)23-26-9-5-3-6-10-26/h3,5-6,9-10,24,29-32,50H,4,7-8,11-23,25H2,1-2H3,(H,41,45)(H,42,46)(H,48,49)/t29-,30-,31-,32-,38-,39+,40-/m0/s1. The number of unbranched alkanes of at least 4 members (excludes halogenated alkanes) is 2. The van der Waals surface area contributed by atoms with Crippen LogP contribution in [0.5, 0.6) is 0 Å². The predicted octanol–water partition coefficient (Wildman–Crippen LogP) is 4.63. The van der Waals surface area contributed by atoms with Crippen LogP contribution in [0.3, 0.4) is 0 Å². The maximum absolute atomic E-state index is 13.5. The maximum Gasteiger partial charge on any atom is 0.326 e. The molecule has 11 heteroatoms. The number of ether oxygens (including phenoxy) is 1. The van der Waals surface area contributed by atoms with E-state index in [0.717, 1.165) is 37.7 Å². The van der Waals surface area contributed by atoms with Crippen molar-refractivity contribution in [2.45, 2.75) is 122 Å². The van der Waals surface area contributed by atoms with Crippen LogP contribution in [0.2, 0.25) is 0 Å². The van der Waals surface area contributed by atoms with Gasteiger partial charge in [-0.2, -0.15) is 0 Å². The second kappa shape index (κ2) is 16.2.